The smallest absolute Gasteiger partial charge is 0.414 e. The second-order valence-corrected chi connectivity index (χ2v) is 5.97. The van der Waals surface area contributed by atoms with Crippen LogP contribution in [0.15, 0.2) is 48.5 Å². The van der Waals surface area contributed by atoms with E-state index in [1.807, 2.05) is 0 Å². The van der Waals surface area contributed by atoms with Gasteiger partial charge in [-0.2, -0.15) is 0 Å². The Morgan fingerprint density at radius 2 is 1.92 bits per heavy atom. The zero-order valence-corrected chi connectivity index (χ0v) is 14.3. The fourth-order valence-corrected chi connectivity index (χ4v) is 2.64. The molecule has 1 N–H and O–H groups in total. The number of hydrogen-bond donors (Lipinski definition) is 1. The molecule has 1 saturated heterocycles. The number of amides is 2. The van der Waals surface area contributed by atoms with E-state index >= 15 is 0 Å². The molecule has 1 atom stereocenters. The number of halogens is 1. The lowest BCUT2D eigenvalue weighted by atomic mass is 10.2. The summed E-state index contributed by atoms with van der Waals surface area (Å²) in [5, 5.41) is 3.37. The predicted molar refractivity (Wildman–Crippen MR) is 94.4 cm³/mol. The topological polar surface area (TPSA) is 67.9 Å². The number of nitrogens with zero attached hydrogens (tertiary/aromatic N) is 1. The van der Waals surface area contributed by atoms with Crippen molar-refractivity contribution in [2.45, 2.75) is 6.10 Å². The van der Waals surface area contributed by atoms with Crippen molar-refractivity contribution in [2.24, 2.45) is 0 Å². The highest BCUT2D eigenvalue weighted by atomic mass is 35.5. The van der Waals surface area contributed by atoms with Crippen molar-refractivity contribution in [3.63, 3.8) is 0 Å². The van der Waals surface area contributed by atoms with Gasteiger partial charge in [-0.3, -0.25) is 9.69 Å². The van der Waals surface area contributed by atoms with Gasteiger partial charge in [0.15, 0.2) is 0 Å². The third-order valence-corrected chi connectivity index (χ3v) is 4.11. The zero-order valence-electron chi connectivity index (χ0n) is 13.6. The zero-order chi connectivity index (χ0) is 17.8. The largest absolute Gasteiger partial charge is 0.497 e. The monoisotopic (exact) mass is 360 g/mol. The van der Waals surface area contributed by atoms with Crippen LogP contribution in [0.5, 0.6) is 5.75 Å². The maximum absolute atomic E-state index is 12.2. The Morgan fingerprint density at radius 1 is 1.24 bits per heavy atom. The van der Waals surface area contributed by atoms with E-state index < -0.39 is 12.2 Å². The normalized spacial score (nSPS) is 16.5. The molecule has 1 aliphatic rings. The van der Waals surface area contributed by atoms with Crippen LogP contribution < -0.4 is 15.0 Å². The van der Waals surface area contributed by atoms with Crippen LogP contribution in [0.1, 0.15) is 10.4 Å². The van der Waals surface area contributed by atoms with Crippen LogP contribution in [0, 0.1) is 0 Å². The van der Waals surface area contributed by atoms with E-state index in [9.17, 15) is 9.59 Å². The standard InChI is InChI=1S/C18H17ClN2O4/c1-24-15-8-2-12(3-9-15)17(22)20-10-16-11-21(18(23)25-16)14-6-4-13(19)5-7-14/h2-9,16H,10-11H2,1H3,(H,20,22). The van der Waals surface area contributed by atoms with Gasteiger partial charge in [-0.15, -0.1) is 0 Å². The summed E-state index contributed by atoms with van der Waals surface area (Å²) in [6.07, 6.45) is -0.851. The van der Waals surface area contributed by atoms with E-state index in [0.717, 1.165) is 0 Å². The fourth-order valence-electron chi connectivity index (χ4n) is 2.51. The first kappa shape index (κ1) is 17.1. The van der Waals surface area contributed by atoms with Crippen molar-refractivity contribution in [3.05, 3.63) is 59.1 Å². The molecule has 1 unspecified atom stereocenters. The number of carbonyl (C=O) groups excluding carboxylic acids is 2. The predicted octanol–water partition coefficient (Wildman–Crippen LogP) is 3.10. The molecule has 1 heterocycles. The molecule has 25 heavy (non-hydrogen) atoms. The van der Waals surface area contributed by atoms with Crippen LogP contribution in [0.2, 0.25) is 5.02 Å². The maximum atomic E-state index is 12.2. The molecule has 0 aromatic heterocycles. The molecule has 7 heteroatoms. The Hall–Kier alpha value is -2.73. The number of cyclic esters (lactones) is 1. The highest BCUT2D eigenvalue weighted by Crippen LogP contribution is 2.23. The van der Waals surface area contributed by atoms with Crippen molar-refractivity contribution in [1.82, 2.24) is 5.32 Å². The highest BCUT2D eigenvalue weighted by molar-refractivity contribution is 6.30. The number of benzene rings is 2. The van der Waals surface area contributed by atoms with Crippen molar-refractivity contribution in [3.8, 4) is 5.75 Å². The van der Waals surface area contributed by atoms with E-state index in [4.69, 9.17) is 21.1 Å². The Kier molecular flexibility index (Phi) is 5.09. The molecule has 0 spiro atoms. The molecule has 0 radical (unpaired) electrons. The number of nitrogens with one attached hydrogen (secondary N) is 1. The second-order valence-electron chi connectivity index (χ2n) is 5.53. The van der Waals surface area contributed by atoms with Gasteiger partial charge in [-0.1, -0.05) is 11.6 Å². The first-order valence-corrected chi connectivity index (χ1v) is 8.10. The number of methoxy groups -OCH3 is 1. The first-order chi connectivity index (χ1) is 12.1. The van der Waals surface area contributed by atoms with Gasteiger partial charge in [0.25, 0.3) is 5.91 Å². The van der Waals surface area contributed by atoms with Crippen LogP contribution in [0.4, 0.5) is 10.5 Å². The minimum Gasteiger partial charge on any atom is -0.497 e. The van der Waals surface area contributed by atoms with Crippen LogP contribution in [-0.4, -0.2) is 38.3 Å². The number of anilines is 1. The van der Waals surface area contributed by atoms with Gasteiger partial charge >= 0.3 is 6.09 Å². The van der Waals surface area contributed by atoms with Crippen molar-refractivity contribution in [2.75, 3.05) is 25.1 Å². The lowest BCUT2D eigenvalue weighted by Gasteiger charge is -2.13. The minimum atomic E-state index is -0.439. The summed E-state index contributed by atoms with van der Waals surface area (Å²) < 4.78 is 10.4. The van der Waals surface area contributed by atoms with Gasteiger partial charge in [0.2, 0.25) is 0 Å². The minimum absolute atomic E-state index is 0.233. The van der Waals surface area contributed by atoms with Gasteiger partial charge in [-0.25, -0.2) is 4.79 Å². The molecule has 0 aliphatic carbocycles. The summed E-state index contributed by atoms with van der Waals surface area (Å²) in [4.78, 5) is 25.7. The van der Waals surface area contributed by atoms with E-state index in [0.29, 0.717) is 28.6 Å². The number of hydrogen-bond acceptors (Lipinski definition) is 4. The molecule has 0 bridgehead atoms. The third kappa shape index (κ3) is 4.03. The molecule has 130 valence electrons. The summed E-state index contributed by atoms with van der Waals surface area (Å²) in [6.45, 7) is 0.601. The van der Waals surface area contributed by atoms with Crippen LogP contribution in [0.25, 0.3) is 0 Å². The highest BCUT2D eigenvalue weighted by Gasteiger charge is 2.32. The molecule has 0 saturated carbocycles. The number of ether oxygens (including phenoxy) is 2. The van der Waals surface area contributed by atoms with Crippen LogP contribution >= 0.6 is 11.6 Å². The quantitative estimate of drug-likeness (QED) is 0.889. The molecule has 2 aromatic rings. The Bertz CT molecular complexity index is 762. The molecular formula is C18H17ClN2O4. The van der Waals surface area contributed by atoms with Gasteiger partial charge in [0.05, 0.1) is 20.2 Å². The van der Waals surface area contributed by atoms with Gasteiger partial charge in [-0.05, 0) is 48.5 Å². The average molecular weight is 361 g/mol. The molecule has 1 aliphatic heterocycles. The van der Waals surface area contributed by atoms with Gasteiger partial charge in [0, 0.05) is 16.3 Å². The maximum Gasteiger partial charge on any atom is 0.414 e. The Labute approximate surface area is 150 Å². The summed E-state index contributed by atoms with van der Waals surface area (Å²) >= 11 is 5.86. The van der Waals surface area contributed by atoms with Crippen LogP contribution in [-0.2, 0) is 4.74 Å². The first-order valence-electron chi connectivity index (χ1n) is 7.73. The van der Waals surface area contributed by atoms with Gasteiger partial charge in [0.1, 0.15) is 11.9 Å². The lowest BCUT2D eigenvalue weighted by molar-refractivity contribution is 0.0916. The summed E-state index contributed by atoms with van der Waals surface area (Å²) in [5.41, 5.74) is 1.22. The Morgan fingerprint density at radius 3 is 2.56 bits per heavy atom. The van der Waals surface area contributed by atoms with Crippen molar-refractivity contribution < 1.29 is 19.1 Å². The van der Waals surface area contributed by atoms with Crippen molar-refractivity contribution >= 4 is 29.3 Å². The average Bonchev–Trinajstić information content (AvgIpc) is 3.01. The number of rotatable bonds is 5. The molecule has 2 amide bonds. The molecule has 3 rings (SSSR count). The molecule has 1 fully saturated rings. The molecule has 6 nitrogen and oxygen atoms in total. The van der Waals surface area contributed by atoms with E-state index in [-0.39, 0.29) is 12.5 Å². The Balaban J connectivity index is 1.56. The number of carbonyl (C=O) groups is 2. The van der Waals surface area contributed by atoms with E-state index in [1.54, 1.807) is 55.6 Å². The van der Waals surface area contributed by atoms with E-state index in [1.165, 1.54) is 4.90 Å². The third-order valence-electron chi connectivity index (χ3n) is 3.85. The summed E-state index contributed by atoms with van der Waals surface area (Å²) in [6, 6.07) is 13.7. The lowest BCUT2D eigenvalue weighted by Crippen LogP contribution is -2.34. The molecule has 2 aromatic carbocycles. The molecular weight excluding hydrogens is 344 g/mol. The van der Waals surface area contributed by atoms with Crippen LogP contribution in [0.3, 0.4) is 0 Å². The van der Waals surface area contributed by atoms with Crippen molar-refractivity contribution in [1.29, 1.82) is 0 Å². The van der Waals surface area contributed by atoms with Gasteiger partial charge < -0.3 is 14.8 Å². The second kappa shape index (κ2) is 7.44. The summed E-state index contributed by atoms with van der Waals surface area (Å²) in [5.74, 6) is 0.448. The summed E-state index contributed by atoms with van der Waals surface area (Å²) in [7, 11) is 1.57. The van der Waals surface area contributed by atoms with E-state index in [2.05, 4.69) is 5.32 Å². The fraction of sp³-hybridized carbons (Fsp3) is 0.222. The SMILES string of the molecule is COc1ccc(C(=O)NCC2CN(c3ccc(Cl)cc3)C(=O)O2)cc1.